The molecule has 0 radical (unpaired) electrons. The van der Waals surface area contributed by atoms with Crippen molar-refractivity contribution in [1.82, 2.24) is 0 Å². The highest BCUT2D eigenvalue weighted by molar-refractivity contribution is 6.04. The molecule has 2 heteroatoms. The third-order valence-electron chi connectivity index (χ3n) is 2.89. The first kappa shape index (κ1) is 11.4. The second-order valence-corrected chi connectivity index (χ2v) is 3.98. The van der Waals surface area contributed by atoms with E-state index < -0.39 is 0 Å². The van der Waals surface area contributed by atoms with Crippen LogP contribution >= 0.6 is 0 Å². The summed E-state index contributed by atoms with van der Waals surface area (Å²) in [5, 5.41) is 12.7. The Labute approximate surface area is 101 Å². The minimum atomic E-state index is 0.0728. The minimum absolute atomic E-state index is 0.0728. The lowest BCUT2D eigenvalue weighted by Crippen LogP contribution is -2.11. The molecule has 17 heavy (non-hydrogen) atoms. The first-order valence-corrected chi connectivity index (χ1v) is 5.65. The predicted octanol–water partition coefficient (Wildman–Crippen LogP) is 3.67. The highest BCUT2D eigenvalue weighted by Crippen LogP contribution is 2.20. The lowest BCUT2D eigenvalue weighted by atomic mass is 9.92. The first-order chi connectivity index (χ1) is 8.33. The van der Waals surface area contributed by atoms with Gasteiger partial charge < -0.3 is 5.21 Å². The summed E-state index contributed by atoms with van der Waals surface area (Å²) in [6.07, 6.45) is 0. The molecule has 0 aliphatic heterocycles. The fraction of sp³-hybridized carbons (Fsp3) is 0.133. The summed E-state index contributed by atoms with van der Waals surface area (Å²) in [6.45, 7) is 2.04. The molecule has 0 aromatic heterocycles. The molecule has 0 saturated heterocycles. The lowest BCUT2D eigenvalue weighted by molar-refractivity contribution is 0.317. The highest BCUT2D eigenvalue weighted by Gasteiger charge is 2.15. The van der Waals surface area contributed by atoms with Crippen LogP contribution in [0, 0.1) is 0 Å². The number of rotatable bonds is 3. The van der Waals surface area contributed by atoms with Gasteiger partial charge in [0, 0.05) is 5.92 Å². The van der Waals surface area contributed by atoms with E-state index in [-0.39, 0.29) is 5.92 Å². The van der Waals surface area contributed by atoms with Crippen LogP contribution in [0.25, 0.3) is 0 Å². The Bertz CT molecular complexity index is 491. The van der Waals surface area contributed by atoms with Crippen molar-refractivity contribution in [2.45, 2.75) is 12.8 Å². The molecular weight excluding hydrogens is 210 g/mol. The third kappa shape index (κ3) is 2.53. The van der Waals surface area contributed by atoms with Crippen LogP contribution in [0.2, 0.25) is 0 Å². The van der Waals surface area contributed by atoms with Crippen LogP contribution < -0.4 is 0 Å². The van der Waals surface area contributed by atoms with Crippen LogP contribution in [0.3, 0.4) is 0 Å². The Morgan fingerprint density at radius 3 is 2.00 bits per heavy atom. The highest BCUT2D eigenvalue weighted by atomic mass is 16.4. The number of hydrogen-bond acceptors (Lipinski definition) is 2. The molecule has 0 saturated carbocycles. The van der Waals surface area contributed by atoms with Crippen molar-refractivity contribution in [3.63, 3.8) is 0 Å². The molecule has 1 atom stereocenters. The molecule has 0 bridgehead atoms. The Hall–Kier alpha value is -2.09. The van der Waals surface area contributed by atoms with Gasteiger partial charge in [0.15, 0.2) is 0 Å². The van der Waals surface area contributed by atoms with E-state index in [9.17, 15) is 5.21 Å². The Kier molecular flexibility index (Phi) is 3.55. The van der Waals surface area contributed by atoms with Gasteiger partial charge in [0.2, 0.25) is 0 Å². The number of nitrogens with zero attached hydrogens (tertiary/aromatic N) is 1. The summed E-state index contributed by atoms with van der Waals surface area (Å²) in [4.78, 5) is 0. The molecule has 86 valence electrons. The second-order valence-electron chi connectivity index (χ2n) is 3.98. The average Bonchev–Trinajstić information content (AvgIpc) is 2.42. The van der Waals surface area contributed by atoms with E-state index in [0.29, 0.717) is 5.71 Å². The predicted molar refractivity (Wildman–Crippen MR) is 69.6 cm³/mol. The molecule has 2 aromatic rings. The van der Waals surface area contributed by atoms with Gasteiger partial charge in [-0.15, -0.1) is 0 Å². The fourth-order valence-electron chi connectivity index (χ4n) is 1.90. The largest absolute Gasteiger partial charge is 0.411 e. The standard InChI is InChI=1S/C15H15NO/c1-12(13-8-4-2-5-9-13)15(16-17)14-10-6-3-7-11-14/h2-12,17H,1H3. The van der Waals surface area contributed by atoms with Crippen molar-refractivity contribution in [2.75, 3.05) is 0 Å². The van der Waals surface area contributed by atoms with Crippen LogP contribution in [0.15, 0.2) is 65.8 Å². The van der Waals surface area contributed by atoms with Gasteiger partial charge in [-0.3, -0.25) is 0 Å². The summed E-state index contributed by atoms with van der Waals surface area (Å²) >= 11 is 0. The van der Waals surface area contributed by atoms with Gasteiger partial charge in [-0.05, 0) is 11.1 Å². The molecule has 0 spiro atoms. The van der Waals surface area contributed by atoms with E-state index in [1.54, 1.807) is 0 Å². The van der Waals surface area contributed by atoms with E-state index >= 15 is 0 Å². The molecule has 0 amide bonds. The average molecular weight is 225 g/mol. The van der Waals surface area contributed by atoms with E-state index in [1.807, 2.05) is 67.6 Å². The van der Waals surface area contributed by atoms with Crippen molar-refractivity contribution in [1.29, 1.82) is 0 Å². The maximum Gasteiger partial charge on any atom is 0.0939 e. The normalized spacial score (nSPS) is 13.4. The lowest BCUT2D eigenvalue weighted by Gasteiger charge is -2.13. The van der Waals surface area contributed by atoms with Crippen LogP contribution in [0.1, 0.15) is 24.0 Å². The third-order valence-corrected chi connectivity index (χ3v) is 2.89. The monoisotopic (exact) mass is 225 g/mol. The van der Waals surface area contributed by atoms with Crippen molar-refractivity contribution >= 4 is 5.71 Å². The van der Waals surface area contributed by atoms with E-state index in [0.717, 1.165) is 11.1 Å². The molecule has 0 aliphatic rings. The van der Waals surface area contributed by atoms with Crippen LogP contribution in [0.4, 0.5) is 0 Å². The van der Waals surface area contributed by atoms with Crippen LogP contribution in [0.5, 0.6) is 0 Å². The van der Waals surface area contributed by atoms with Crippen molar-refractivity contribution in [2.24, 2.45) is 5.16 Å². The van der Waals surface area contributed by atoms with Gasteiger partial charge in [-0.2, -0.15) is 0 Å². The smallest absolute Gasteiger partial charge is 0.0939 e. The Morgan fingerprint density at radius 1 is 0.941 bits per heavy atom. The van der Waals surface area contributed by atoms with Crippen molar-refractivity contribution in [3.05, 3.63) is 71.8 Å². The second kappa shape index (κ2) is 5.30. The molecule has 2 rings (SSSR count). The summed E-state index contributed by atoms with van der Waals surface area (Å²) in [5.41, 5.74) is 2.78. The number of benzene rings is 2. The molecule has 0 heterocycles. The summed E-state index contributed by atoms with van der Waals surface area (Å²) in [7, 11) is 0. The van der Waals surface area contributed by atoms with E-state index in [2.05, 4.69) is 5.16 Å². The molecular formula is C15H15NO. The fourth-order valence-corrected chi connectivity index (χ4v) is 1.90. The Balaban J connectivity index is 2.33. The molecule has 1 unspecified atom stereocenters. The summed E-state index contributed by atoms with van der Waals surface area (Å²) < 4.78 is 0. The number of hydrogen-bond donors (Lipinski definition) is 1. The van der Waals surface area contributed by atoms with Gasteiger partial charge >= 0.3 is 0 Å². The maximum atomic E-state index is 9.20. The maximum absolute atomic E-state index is 9.20. The molecule has 1 N–H and O–H groups in total. The van der Waals surface area contributed by atoms with Crippen molar-refractivity contribution in [3.8, 4) is 0 Å². The zero-order valence-electron chi connectivity index (χ0n) is 9.75. The summed E-state index contributed by atoms with van der Waals surface area (Å²) in [6, 6.07) is 19.8. The molecule has 2 nitrogen and oxygen atoms in total. The Morgan fingerprint density at radius 2 is 1.47 bits per heavy atom. The van der Waals surface area contributed by atoms with Gasteiger partial charge in [0.05, 0.1) is 5.71 Å². The van der Waals surface area contributed by atoms with E-state index in [4.69, 9.17) is 0 Å². The van der Waals surface area contributed by atoms with Gasteiger partial charge in [-0.25, -0.2) is 0 Å². The van der Waals surface area contributed by atoms with Gasteiger partial charge in [-0.1, -0.05) is 72.7 Å². The molecule has 0 aliphatic carbocycles. The zero-order valence-corrected chi connectivity index (χ0v) is 9.75. The van der Waals surface area contributed by atoms with Gasteiger partial charge in [0.1, 0.15) is 0 Å². The first-order valence-electron chi connectivity index (χ1n) is 5.65. The quantitative estimate of drug-likeness (QED) is 0.482. The number of oxime groups is 1. The van der Waals surface area contributed by atoms with Crippen molar-refractivity contribution < 1.29 is 5.21 Å². The van der Waals surface area contributed by atoms with Gasteiger partial charge in [0.25, 0.3) is 0 Å². The minimum Gasteiger partial charge on any atom is -0.411 e. The summed E-state index contributed by atoms with van der Waals surface area (Å²) in [5.74, 6) is 0.0728. The topological polar surface area (TPSA) is 32.6 Å². The van der Waals surface area contributed by atoms with Crippen LogP contribution in [-0.2, 0) is 0 Å². The van der Waals surface area contributed by atoms with E-state index in [1.165, 1.54) is 0 Å². The molecule has 0 fully saturated rings. The molecule has 2 aromatic carbocycles. The zero-order chi connectivity index (χ0) is 12.1. The van der Waals surface area contributed by atoms with Crippen LogP contribution in [-0.4, -0.2) is 10.9 Å². The SMILES string of the molecule is CC(C(=NO)c1ccccc1)c1ccccc1.